The topological polar surface area (TPSA) is 17.1 Å². The van der Waals surface area contributed by atoms with E-state index in [1.807, 2.05) is 18.2 Å². The summed E-state index contributed by atoms with van der Waals surface area (Å²) in [6.07, 6.45) is 0.436. The van der Waals surface area contributed by atoms with Crippen molar-refractivity contribution in [2.45, 2.75) is 20.3 Å². The standard InChI is InChI=1S/C16H14Br2O/c1-10-3-11(2)5-12(4-10)6-16(19)13-7-14(17)9-15(18)8-13/h3-5,7-9H,6H2,1-2H3. The smallest absolute Gasteiger partial charge is 0.167 e. The summed E-state index contributed by atoms with van der Waals surface area (Å²) in [6, 6.07) is 11.9. The van der Waals surface area contributed by atoms with Gasteiger partial charge in [-0.05, 0) is 37.6 Å². The zero-order valence-electron chi connectivity index (χ0n) is 10.8. The first-order valence-corrected chi connectivity index (χ1v) is 7.59. The fraction of sp³-hybridized carbons (Fsp3) is 0.188. The molecule has 0 bridgehead atoms. The van der Waals surface area contributed by atoms with Crippen LogP contribution in [0.3, 0.4) is 0 Å². The molecule has 2 rings (SSSR count). The zero-order chi connectivity index (χ0) is 14.0. The van der Waals surface area contributed by atoms with Crippen LogP contribution in [0.15, 0.2) is 45.3 Å². The van der Waals surface area contributed by atoms with Gasteiger partial charge in [0.25, 0.3) is 0 Å². The van der Waals surface area contributed by atoms with Crippen molar-refractivity contribution >= 4 is 37.6 Å². The number of ketones is 1. The van der Waals surface area contributed by atoms with Crippen molar-refractivity contribution in [2.24, 2.45) is 0 Å². The molecule has 0 saturated carbocycles. The molecule has 1 nitrogen and oxygen atoms in total. The molecule has 0 N–H and O–H groups in total. The first-order valence-electron chi connectivity index (χ1n) is 6.00. The average Bonchev–Trinajstić information content (AvgIpc) is 2.25. The summed E-state index contributed by atoms with van der Waals surface area (Å²) in [5, 5.41) is 0. The molecule has 0 unspecified atom stereocenters. The van der Waals surface area contributed by atoms with Crippen LogP contribution in [0, 0.1) is 13.8 Å². The van der Waals surface area contributed by atoms with E-state index < -0.39 is 0 Å². The van der Waals surface area contributed by atoms with E-state index in [1.54, 1.807) is 0 Å². The summed E-state index contributed by atoms with van der Waals surface area (Å²) >= 11 is 6.82. The molecule has 0 heterocycles. The molecule has 0 atom stereocenters. The molecule has 0 saturated heterocycles. The Labute approximate surface area is 130 Å². The number of aryl methyl sites for hydroxylation is 2. The molecule has 3 heteroatoms. The monoisotopic (exact) mass is 380 g/mol. The van der Waals surface area contributed by atoms with Crippen LogP contribution in [0.4, 0.5) is 0 Å². The molecule has 19 heavy (non-hydrogen) atoms. The van der Waals surface area contributed by atoms with E-state index in [1.165, 1.54) is 11.1 Å². The largest absolute Gasteiger partial charge is 0.294 e. The lowest BCUT2D eigenvalue weighted by molar-refractivity contribution is 0.0993. The van der Waals surface area contributed by atoms with Crippen LogP contribution in [0.5, 0.6) is 0 Å². The Bertz CT molecular complexity index is 592. The van der Waals surface area contributed by atoms with Gasteiger partial charge in [-0.25, -0.2) is 0 Å². The van der Waals surface area contributed by atoms with E-state index in [0.717, 1.165) is 20.1 Å². The SMILES string of the molecule is Cc1cc(C)cc(CC(=O)c2cc(Br)cc(Br)c2)c1. The number of rotatable bonds is 3. The van der Waals surface area contributed by atoms with Crippen molar-refractivity contribution < 1.29 is 4.79 Å². The van der Waals surface area contributed by atoms with Crippen LogP contribution in [-0.4, -0.2) is 5.78 Å². The second-order valence-electron chi connectivity index (χ2n) is 4.75. The van der Waals surface area contributed by atoms with Gasteiger partial charge in [0.15, 0.2) is 5.78 Å². The third-order valence-electron chi connectivity index (χ3n) is 2.83. The third kappa shape index (κ3) is 4.02. The van der Waals surface area contributed by atoms with E-state index in [0.29, 0.717) is 6.42 Å². The predicted molar refractivity (Wildman–Crippen MR) is 85.8 cm³/mol. The van der Waals surface area contributed by atoms with E-state index >= 15 is 0 Å². The molecule has 0 aliphatic carbocycles. The van der Waals surface area contributed by atoms with Crippen LogP contribution in [0.2, 0.25) is 0 Å². The lowest BCUT2D eigenvalue weighted by atomic mass is 10.00. The Kier molecular flexibility index (Phi) is 4.58. The van der Waals surface area contributed by atoms with Crippen molar-refractivity contribution in [3.63, 3.8) is 0 Å². The summed E-state index contributed by atoms with van der Waals surface area (Å²) < 4.78 is 1.82. The molecule has 0 spiro atoms. The zero-order valence-corrected chi connectivity index (χ0v) is 14.0. The van der Waals surface area contributed by atoms with Gasteiger partial charge in [0.1, 0.15) is 0 Å². The maximum atomic E-state index is 12.3. The maximum Gasteiger partial charge on any atom is 0.167 e. The first-order chi connectivity index (χ1) is 8.94. The van der Waals surface area contributed by atoms with Gasteiger partial charge >= 0.3 is 0 Å². The third-order valence-corrected chi connectivity index (χ3v) is 3.75. The highest BCUT2D eigenvalue weighted by atomic mass is 79.9. The van der Waals surface area contributed by atoms with Crippen LogP contribution in [-0.2, 0) is 6.42 Å². The highest BCUT2D eigenvalue weighted by Gasteiger charge is 2.09. The predicted octanol–water partition coefficient (Wildman–Crippen LogP) is 5.25. The second-order valence-corrected chi connectivity index (χ2v) is 6.59. The van der Waals surface area contributed by atoms with Gasteiger partial charge in [-0.2, -0.15) is 0 Å². The van der Waals surface area contributed by atoms with Gasteiger partial charge in [0, 0.05) is 20.9 Å². The van der Waals surface area contributed by atoms with Crippen LogP contribution in [0.1, 0.15) is 27.0 Å². The Hall–Kier alpha value is -0.930. The molecule has 2 aromatic rings. The lowest BCUT2D eigenvalue weighted by Crippen LogP contribution is -2.04. The van der Waals surface area contributed by atoms with E-state index in [-0.39, 0.29) is 5.78 Å². The minimum Gasteiger partial charge on any atom is -0.294 e. The molecular weight excluding hydrogens is 368 g/mol. The molecule has 2 aromatic carbocycles. The van der Waals surface area contributed by atoms with Crippen molar-refractivity contribution in [1.29, 1.82) is 0 Å². The maximum absolute atomic E-state index is 12.3. The number of benzene rings is 2. The van der Waals surface area contributed by atoms with Crippen molar-refractivity contribution in [3.05, 3.63) is 67.6 Å². The summed E-state index contributed by atoms with van der Waals surface area (Å²) in [4.78, 5) is 12.3. The highest BCUT2D eigenvalue weighted by Crippen LogP contribution is 2.21. The molecule has 0 amide bonds. The minimum absolute atomic E-state index is 0.131. The number of hydrogen-bond acceptors (Lipinski definition) is 1. The Morgan fingerprint density at radius 3 is 1.95 bits per heavy atom. The fourth-order valence-electron chi connectivity index (χ4n) is 2.17. The van der Waals surface area contributed by atoms with Gasteiger partial charge in [-0.15, -0.1) is 0 Å². The van der Waals surface area contributed by atoms with E-state index in [4.69, 9.17) is 0 Å². The minimum atomic E-state index is 0.131. The van der Waals surface area contributed by atoms with Crippen LogP contribution in [0.25, 0.3) is 0 Å². The second kappa shape index (κ2) is 6.02. The fourth-order valence-corrected chi connectivity index (χ4v) is 3.47. The Morgan fingerprint density at radius 2 is 1.42 bits per heavy atom. The van der Waals surface area contributed by atoms with Crippen molar-refractivity contribution in [1.82, 2.24) is 0 Å². The van der Waals surface area contributed by atoms with Gasteiger partial charge in [-0.3, -0.25) is 4.79 Å². The number of Topliss-reactive ketones (excluding diaryl/α,β-unsaturated/α-hetero) is 1. The van der Waals surface area contributed by atoms with Gasteiger partial charge in [-0.1, -0.05) is 61.2 Å². The Balaban J connectivity index is 2.25. The molecule has 0 radical (unpaired) electrons. The number of halogens is 2. The molecule has 0 fully saturated rings. The normalized spacial score (nSPS) is 10.5. The molecule has 0 aromatic heterocycles. The lowest BCUT2D eigenvalue weighted by Gasteiger charge is -2.06. The van der Waals surface area contributed by atoms with E-state index in [9.17, 15) is 4.79 Å². The summed E-state index contributed by atoms with van der Waals surface area (Å²) in [5.41, 5.74) is 4.18. The summed E-state index contributed by atoms with van der Waals surface area (Å²) in [5.74, 6) is 0.131. The van der Waals surface area contributed by atoms with Crippen molar-refractivity contribution in [2.75, 3.05) is 0 Å². The number of carbonyl (C=O) groups excluding carboxylic acids is 1. The van der Waals surface area contributed by atoms with Crippen molar-refractivity contribution in [3.8, 4) is 0 Å². The van der Waals surface area contributed by atoms with Gasteiger partial charge < -0.3 is 0 Å². The molecular formula is C16H14Br2O. The molecule has 0 aliphatic rings. The summed E-state index contributed by atoms with van der Waals surface area (Å²) in [6.45, 7) is 4.10. The molecule has 98 valence electrons. The van der Waals surface area contributed by atoms with Crippen LogP contribution >= 0.6 is 31.9 Å². The number of carbonyl (C=O) groups is 1. The summed E-state index contributed by atoms with van der Waals surface area (Å²) in [7, 11) is 0. The first kappa shape index (κ1) is 14.5. The molecule has 0 aliphatic heterocycles. The van der Waals surface area contributed by atoms with Crippen LogP contribution < -0.4 is 0 Å². The van der Waals surface area contributed by atoms with Gasteiger partial charge in [0.05, 0.1) is 0 Å². The number of hydrogen-bond donors (Lipinski definition) is 0. The van der Waals surface area contributed by atoms with Gasteiger partial charge in [0.2, 0.25) is 0 Å². The Morgan fingerprint density at radius 1 is 0.895 bits per heavy atom. The quantitative estimate of drug-likeness (QED) is 0.663. The van der Waals surface area contributed by atoms with E-state index in [2.05, 4.69) is 63.9 Å². The average molecular weight is 382 g/mol. The highest BCUT2D eigenvalue weighted by molar-refractivity contribution is 9.11.